The SMILES string of the molecule is Cc1cnc(C)c(CN2CCN(C(=O)OC(C)(C)C)CC2)c1. The van der Waals surface area contributed by atoms with Crippen LogP contribution in [0.2, 0.25) is 0 Å². The zero-order valence-corrected chi connectivity index (χ0v) is 14.3. The van der Waals surface area contributed by atoms with Gasteiger partial charge in [0.05, 0.1) is 0 Å². The molecule has 1 aliphatic heterocycles. The predicted molar refractivity (Wildman–Crippen MR) is 86.8 cm³/mol. The van der Waals surface area contributed by atoms with Crippen molar-refractivity contribution in [1.29, 1.82) is 0 Å². The number of aromatic nitrogens is 1. The van der Waals surface area contributed by atoms with Crippen molar-refractivity contribution in [2.75, 3.05) is 26.2 Å². The highest BCUT2D eigenvalue weighted by molar-refractivity contribution is 5.68. The van der Waals surface area contributed by atoms with E-state index in [1.807, 2.05) is 33.9 Å². The molecule has 1 aromatic rings. The average Bonchev–Trinajstić information content (AvgIpc) is 2.42. The van der Waals surface area contributed by atoms with Gasteiger partial charge in [0, 0.05) is 44.6 Å². The summed E-state index contributed by atoms with van der Waals surface area (Å²) in [5, 5.41) is 0. The third kappa shape index (κ3) is 4.70. The summed E-state index contributed by atoms with van der Waals surface area (Å²) in [6, 6.07) is 2.20. The van der Waals surface area contributed by atoms with Crippen LogP contribution in [0.25, 0.3) is 0 Å². The molecule has 0 atom stereocenters. The van der Waals surface area contributed by atoms with Gasteiger partial charge in [0.15, 0.2) is 0 Å². The van der Waals surface area contributed by atoms with Gasteiger partial charge in [-0.15, -0.1) is 0 Å². The predicted octanol–water partition coefficient (Wildman–Crippen LogP) is 2.75. The monoisotopic (exact) mass is 305 g/mol. The highest BCUT2D eigenvalue weighted by Crippen LogP contribution is 2.15. The van der Waals surface area contributed by atoms with Crippen molar-refractivity contribution < 1.29 is 9.53 Å². The summed E-state index contributed by atoms with van der Waals surface area (Å²) in [4.78, 5) is 20.6. The quantitative estimate of drug-likeness (QED) is 0.843. The Hall–Kier alpha value is -1.62. The number of carbonyl (C=O) groups is 1. The normalized spacial score (nSPS) is 16.7. The van der Waals surface area contributed by atoms with Gasteiger partial charge in [0.25, 0.3) is 0 Å². The number of hydrogen-bond acceptors (Lipinski definition) is 4. The van der Waals surface area contributed by atoms with E-state index in [1.165, 1.54) is 11.1 Å². The molecule has 1 saturated heterocycles. The number of amides is 1. The van der Waals surface area contributed by atoms with Crippen molar-refractivity contribution in [2.45, 2.75) is 46.8 Å². The lowest BCUT2D eigenvalue weighted by Gasteiger charge is -2.35. The summed E-state index contributed by atoms with van der Waals surface area (Å²) >= 11 is 0. The van der Waals surface area contributed by atoms with Gasteiger partial charge in [-0.1, -0.05) is 6.07 Å². The molecule has 0 bridgehead atoms. The Morgan fingerprint density at radius 1 is 1.23 bits per heavy atom. The Labute approximate surface area is 133 Å². The van der Waals surface area contributed by atoms with Gasteiger partial charge in [-0.05, 0) is 45.7 Å². The smallest absolute Gasteiger partial charge is 0.410 e. The lowest BCUT2D eigenvalue weighted by atomic mass is 10.1. The van der Waals surface area contributed by atoms with Crippen LogP contribution in [0.4, 0.5) is 4.79 Å². The molecule has 0 aliphatic carbocycles. The summed E-state index contributed by atoms with van der Waals surface area (Å²) in [5.41, 5.74) is 3.11. The van der Waals surface area contributed by atoms with Crippen molar-refractivity contribution in [3.05, 3.63) is 29.1 Å². The highest BCUT2D eigenvalue weighted by atomic mass is 16.6. The first-order valence-electron chi connectivity index (χ1n) is 7.87. The fourth-order valence-electron chi connectivity index (χ4n) is 2.51. The zero-order valence-electron chi connectivity index (χ0n) is 14.3. The number of rotatable bonds is 2. The van der Waals surface area contributed by atoms with E-state index in [4.69, 9.17) is 4.74 Å². The van der Waals surface area contributed by atoms with Gasteiger partial charge >= 0.3 is 6.09 Å². The fraction of sp³-hybridized carbons (Fsp3) is 0.647. The Morgan fingerprint density at radius 2 is 1.86 bits per heavy atom. The van der Waals surface area contributed by atoms with E-state index < -0.39 is 5.60 Å². The zero-order chi connectivity index (χ0) is 16.3. The second-order valence-electron chi connectivity index (χ2n) is 7.00. The molecule has 5 heteroatoms. The lowest BCUT2D eigenvalue weighted by molar-refractivity contribution is 0.0139. The molecule has 5 nitrogen and oxygen atoms in total. The second-order valence-corrected chi connectivity index (χ2v) is 7.00. The average molecular weight is 305 g/mol. The Morgan fingerprint density at radius 3 is 2.45 bits per heavy atom. The minimum absolute atomic E-state index is 0.208. The van der Waals surface area contributed by atoms with Crippen molar-refractivity contribution >= 4 is 6.09 Å². The van der Waals surface area contributed by atoms with Gasteiger partial charge in [-0.2, -0.15) is 0 Å². The van der Waals surface area contributed by atoms with Gasteiger partial charge < -0.3 is 9.64 Å². The largest absolute Gasteiger partial charge is 0.444 e. The molecular formula is C17H27N3O2. The molecule has 0 spiro atoms. The first-order valence-corrected chi connectivity index (χ1v) is 7.87. The molecule has 2 heterocycles. The maximum absolute atomic E-state index is 12.1. The molecule has 22 heavy (non-hydrogen) atoms. The number of nitrogens with zero attached hydrogens (tertiary/aromatic N) is 3. The van der Waals surface area contributed by atoms with Gasteiger partial charge in [-0.25, -0.2) is 4.79 Å². The molecule has 1 fully saturated rings. The van der Waals surface area contributed by atoms with Crippen molar-refractivity contribution in [3.8, 4) is 0 Å². The third-order valence-corrected chi connectivity index (χ3v) is 3.75. The van der Waals surface area contributed by atoms with Crippen LogP contribution < -0.4 is 0 Å². The summed E-state index contributed by atoms with van der Waals surface area (Å²) in [5.74, 6) is 0. The first kappa shape index (κ1) is 16.7. The molecule has 0 N–H and O–H groups in total. The molecule has 1 aliphatic rings. The van der Waals surface area contributed by atoms with Crippen LogP contribution in [0.3, 0.4) is 0 Å². The highest BCUT2D eigenvalue weighted by Gasteiger charge is 2.25. The number of hydrogen-bond donors (Lipinski definition) is 0. The van der Waals surface area contributed by atoms with Crippen molar-refractivity contribution in [2.24, 2.45) is 0 Å². The van der Waals surface area contributed by atoms with Crippen LogP contribution in [-0.2, 0) is 11.3 Å². The maximum atomic E-state index is 12.1. The molecule has 122 valence electrons. The van der Waals surface area contributed by atoms with Crippen LogP contribution in [0.15, 0.2) is 12.3 Å². The van der Waals surface area contributed by atoms with E-state index in [2.05, 4.69) is 22.9 Å². The van der Waals surface area contributed by atoms with E-state index in [0.29, 0.717) is 13.1 Å². The first-order chi connectivity index (χ1) is 10.2. The number of carbonyl (C=O) groups excluding carboxylic acids is 1. The second kappa shape index (κ2) is 6.65. The lowest BCUT2D eigenvalue weighted by Crippen LogP contribution is -2.49. The summed E-state index contributed by atoms with van der Waals surface area (Å²) in [7, 11) is 0. The Bertz CT molecular complexity index is 529. The summed E-state index contributed by atoms with van der Waals surface area (Å²) < 4.78 is 5.42. The third-order valence-electron chi connectivity index (χ3n) is 3.75. The van der Waals surface area contributed by atoms with Crippen LogP contribution in [0.5, 0.6) is 0 Å². The molecule has 0 saturated carbocycles. The van der Waals surface area contributed by atoms with E-state index >= 15 is 0 Å². The fourth-order valence-corrected chi connectivity index (χ4v) is 2.51. The van der Waals surface area contributed by atoms with E-state index in [1.54, 1.807) is 4.90 Å². The standard InChI is InChI=1S/C17H27N3O2/c1-13-10-15(14(2)18-11-13)12-19-6-8-20(9-7-19)16(21)22-17(3,4)5/h10-11H,6-9,12H2,1-5H3. The van der Waals surface area contributed by atoms with Crippen LogP contribution in [0, 0.1) is 13.8 Å². The van der Waals surface area contributed by atoms with Crippen molar-refractivity contribution in [1.82, 2.24) is 14.8 Å². The van der Waals surface area contributed by atoms with Crippen molar-refractivity contribution in [3.63, 3.8) is 0 Å². The van der Waals surface area contributed by atoms with Gasteiger partial charge in [0.2, 0.25) is 0 Å². The number of piperazine rings is 1. The molecule has 2 rings (SSSR count). The molecule has 0 aromatic carbocycles. The minimum Gasteiger partial charge on any atom is -0.444 e. The minimum atomic E-state index is -0.432. The number of pyridine rings is 1. The number of ether oxygens (including phenoxy) is 1. The van der Waals surface area contributed by atoms with E-state index in [0.717, 1.165) is 25.3 Å². The molecule has 0 unspecified atom stereocenters. The molecule has 0 radical (unpaired) electrons. The topological polar surface area (TPSA) is 45.7 Å². The molecule has 1 amide bonds. The van der Waals surface area contributed by atoms with Crippen LogP contribution in [-0.4, -0.2) is 52.7 Å². The summed E-state index contributed by atoms with van der Waals surface area (Å²) in [6.07, 6.45) is 1.69. The molecular weight excluding hydrogens is 278 g/mol. The van der Waals surface area contributed by atoms with Gasteiger partial charge in [-0.3, -0.25) is 9.88 Å². The summed E-state index contributed by atoms with van der Waals surface area (Å²) in [6.45, 7) is 13.9. The Kier molecular flexibility index (Phi) is 5.06. The van der Waals surface area contributed by atoms with Gasteiger partial charge in [0.1, 0.15) is 5.60 Å². The van der Waals surface area contributed by atoms with E-state index in [-0.39, 0.29) is 6.09 Å². The maximum Gasteiger partial charge on any atom is 0.410 e. The number of aryl methyl sites for hydroxylation is 2. The Balaban J connectivity index is 1.87. The van der Waals surface area contributed by atoms with Crippen LogP contribution in [0.1, 0.15) is 37.6 Å². The molecule has 1 aromatic heterocycles. The van der Waals surface area contributed by atoms with Crippen LogP contribution >= 0.6 is 0 Å². The van der Waals surface area contributed by atoms with E-state index in [9.17, 15) is 4.79 Å².